The van der Waals surface area contributed by atoms with Gasteiger partial charge in [0.2, 0.25) is 11.8 Å². The van der Waals surface area contributed by atoms with Crippen LogP contribution in [0.2, 0.25) is 15.1 Å². The van der Waals surface area contributed by atoms with Crippen molar-refractivity contribution in [1.82, 2.24) is 5.01 Å². The molecule has 0 radical (unpaired) electrons. The van der Waals surface area contributed by atoms with E-state index in [9.17, 15) is 14.7 Å². The Morgan fingerprint density at radius 3 is 2.15 bits per heavy atom. The van der Waals surface area contributed by atoms with Crippen LogP contribution in [0, 0.1) is 23.7 Å². The molecule has 5 aromatic carbocycles. The highest BCUT2D eigenvalue weighted by atomic mass is 35.5. The highest BCUT2D eigenvalue weighted by Crippen LogP contribution is 2.65. The summed E-state index contributed by atoms with van der Waals surface area (Å²) in [5.41, 5.74) is 5.39. The number of phenols is 1. The van der Waals surface area contributed by atoms with Crippen LogP contribution >= 0.6 is 34.8 Å². The molecule has 14 heteroatoms. The molecule has 5 aromatic rings. The van der Waals surface area contributed by atoms with Crippen molar-refractivity contribution < 1.29 is 33.8 Å². The van der Waals surface area contributed by atoms with Crippen LogP contribution in [0.3, 0.4) is 0 Å². The number of aromatic hydroxyl groups is 1. The number of methoxy groups -OCH3 is 2. The van der Waals surface area contributed by atoms with Crippen molar-refractivity contribution in [3.8, 4) is 17.2 Å². The van der Waals surface area contributed by atoms with E-state index in [0.717, 1.165) is 16.4 Å². The number of fused-ring (bicyclic) bond motifs is 4. The number of carbonyl (C=O) groups excluding carboxylic acids is 4. The van der Waals surface area contributed by atoms with Crippen LogP contribution in [0.25, 0.3) is 0 Å². The van der Waals surface area contributed by atoms with Crippen LogP contribution in [0.5, 0.6) is 17.2 Å². The largest absolute Gasteiger partial charge is 0.503 e. The number of ether oxygens (including phenoxy) is 2. The van der Waals surface area contributed by atoms with Crippen LogP contribution in [-0.2, 0) is 24.6 Å². The van der Waals surface area contributed by atoms with Crippen LogP contribution in [0.1, 0.15) is 29.9 Å². The van der Waals surface area contributed by atoms with Gasteiger partial charge in [-0.05, 0) is 109 Å². The minimum atomic E-state index is -1.64. The summed E-state index contributed by atoms with van der Waals surface area (Å²) in [6, 6.07) is 31.5. The molecule has 2 heterocycles. The fourth-order valence-corrected chi connectivity index (χ4v) is 10.4. The number of carbonyl (C=O) groups is 4. The van der Waals surface area contributed by atoms with Crippen molar-refractivity contribution in [2.75, 3.05) is 29.9 Å². The Bertz CT molecular complexity index is 2610. The zero-order valence-corrected chi connectivity index (χ0v) is 34.5. The lowest BCUT2D eigenvalue weighted by Crippen LogP contribution is -2.53. The molecule has 2 aliphatic carbocycles. The molecule has 0 spiro atoms. The first-order valence-corrected chi connectivity index (χ1v) is 20.4. The predicted octanol–water partition coefficient (Wildman–Crippen LogP) is 9.30. The minimum Gasteiger partial charge on any atom is -0.503 e. The molecule has 1 saturated carbocycles. The Kier molecular flexibility index (Phi) is 10.0. The number of rotatable bonds is 9. The molecule has 6 atom stereocenters. The van der Waals surface area contributed by atoms with Gasteiger partial charge in [0.05, 0.1) is 58.8 Å². The Labute approximate surface area is 360 Å². The summed E-state index contributed by atoms with van der Waals surface area (Å²) in [6.45, 7) is 0. The lowest BCUT2D eigenvalue weighted by Gasteiger charge is -2.50. The lowest BCUT2D eigenvalue weighted by atomic mass is 9.49. The molecule has 3 fully saturated rings. The van der Waals surface area contributed by atoms with Crippen LogP contribution in [-0.4, -0.2) is 48.0 Å². The molecule has 9 rings (SSSR count). The second-order valence-electron chi connectivity index (χ2n) is 15.3. The molecule has 2 saturated heterocycles. The molecule has 4 aliphatic rings. The first-order chi connectivity index (χ1) is 29.0. The topological polar surface area (TPSA) is 138 Å². The van der Waals surface area contributed by atoms with E-state index in [-0.39, 0.29) is 51.9 Å². The van der Waals surface area contributed by atoms with Gasteiger partial charge in [-0.3, -0.25) is 29.5 Å². The number of hydrogen-bond donors (Lipinski definition) is 3. The third kappa shape index (κ3) is 6.17. The Hall–Kier alpha value is -6.01. The van der Waals surface area contributed by atoms with Gasteiger partial charge >= 0.3 is 0 Å². The summed E-state index contributed by atoms with van der Waals surface area (Å²) in [7, 11) is 2.92. The number of phenolic OH excluding ortho intramolecular Hbond substituents is 1. The first kappa shape index (κ1) is 39.5. The number of benzene rings is 5. The van der Waals surface area contributed by atoms with Crippen LogP contribution in [0.15, 0.2) is 121 Å². The van der Waals surface area contributed by atoms with Crippen molar-refractivity contribution in [2.24, 2.45) is 23.7 Å². The van der Waals surface area contributed by atoms with Gasteiger partial charge in [0, 0.05) is 22.3 Å². The Morgan fingerprint density at radius 1 is 0.750 bits per heavy atom. The molecule has 3 N–H and O–H groups in total. The normalized spacial score (nSPS) is 24.4. The maximum atomic E-state index is 15.6. The number of imide groups is 2. The number of amides is 4. The van der Waals surface area contributed by atoms with E-state index in [0.29, 0.717) is 33.2 Å². The van der Waals surface area contributed by atoms with E-state index in [1.807, 2.05) is 48.5 Å². The van der Waals surface area contributed by atoms with Gasteiger partial charge < -0.3 is 19.9 Å². The van der Waals surface area contributed by atoms with E-state index in [1.165, 1.54) is 25.2 Å². The number of allylic oxidation sites excluding steroid dienone is 2. The average molecular weight is 864 g/mol. The molecule has 6 unspecified atom stereocenters. The van der Waals surface area contributed by atoms with E-state index in [2.05, 4.69) is 10.7 Å². The summed E-state index contributed by atoms with van der Waals surface area (Å²) >= 11 is 19.5. The number of anilines is 4. The van der Waals surface area contributed by atoms with Gasteiger partial charge in [-0.25, -0.2) is 0 Å². The predicted molar refractivity (Wildman–Crippen MR) is 229 cm³/mol. The SMILES string of the molecule is COc1ccc(C23C(=O)N(Nc4ccc(Cl)cc4Cl)C(=O)C2CC2C(=CCC4C(=O)N(c5ccc(Nc6ccccc6)cc5)C(=O)C42)C3c2cc(Cl)c(O)c(OC)c2)cc1. The van der Waals surface area contributed by atoms with E-state index >= 15 is 9.59 Å². The van der Waals surface area contributed by atoms with Crippen molar-refractivity contribution in [3.63, 3.8) is 0 Å². The molecule has 4 amide bonds. The first-order valence-electron chi connectivity index (χ1n) is 19.3. The standard InChI is InChI=1S/C46H37Cl3N4O7/c1-59-30-15-8-25(9-16-30)46-34(43(56)53(45(46)58)51-37-19-10-26(47)22-35(37)48)23-33-31(40(46)24-20-36(49)41(54)38(21-24)60-2)17-18-32-39(33)44(57)52(42(32)55)29-13-11-28(12-14-29)50-27-6-4-3-5-7-27/h3-17,19-22,32-34,39-40,50-51,54H,18,23H2,1-2H3. The quantitative estimate of drug-likeness (QED) is 0.0978. The maximum absolute atomic E-state index is 15.6. The summed E-state index contributed by atoms with van der Waals surface area (Å²) in [5, 5.41) is 15.7. The average Bonchev–Trinajstić information content (AvgIpc) is 3.63. The highest BCUT2D eigenvalue weighted by Gasteiger charge is 2.70. The van der Waals surface area contributed by atoms with Crippen molar-refractivity contribution in [2.45, 2.75) is 24.2 Å². The van der Waals surface area contributed by atoms with Gasteiger partial charge in [0.25, 0.3) is 11.8 Å². The van der Waals surface area contributed by atoms with Gasteiger partial charge in [0.1, 0.15) is 5.75 Å². The number of para-hydroxylation sites is 1. The number of nitrogens with zero attached hydrogens (tertiary/aromatic N) is 2. The second kappa shape index (κ2) is 15.2. The molecule has 0 bridgehead atoms. The Balaban J connectivity index is 1.18. The maximum Gasteiger partial charge on any atom is 0.260 e. The lowest BCUT2D eigenvalue weighted by molar-refractivity contribution is -0.138. The number of halogens is 3. The fourth-order valence-electron chi connectivity index (χ4n) is 9.77. The van der Waals surface area contributed by atoms with Crippen molar-refractivity contribution >= 4 is 81.2 Å². The van der Waals surface area contributed by atoms with Gasteiger partial charge in [0.15, 0.2) is 11.5 Å². The summed E-state index contributed by atoms with van der Waals surface area (Å²) in [6.07, 6.45) is 2.21. The molecule has 2 aliphatic heterocycles. The molecule has 60 heavy (non-hydrogen) atoms. The summed E-state index contributed by atoms with van der Waals surface area (Å²) in [4.78, 5) is 61.1. The van der Waals surface area contributed by atoms with Gasteiger partial charge in [-0.1, -0.05) is 76.8 Å². The van der Waals surface area contributed by atoms with E-state index < -0.39 is 46.8 Å². The number of hydrazine groups is 1. The van der Waals surface area contributed by atoms with Gasteiger partial charge in [-0.2, -0.15) is 5.01 Å². The highest BCUT2D eigenvalue weighted by molar-refractivity contribution is 6.36. The van der Waals surface area contributed by atoms with Crippen LogP contribution < -0.4 is 25.1 Å². The second-order valence-corrected chi connectivity index (χ2v) is 16.6. The molecular weight excluding hydrogens is 827 g/mol. The van der Waals surface area contributed by atoms with E-state index in [4.69, 9.17) is 44.3 Å². The fraction of sp³-hybridized carbons (Fsp3) is 0.217. The minimum absolute atomic E-state index is 0.0367. The molecule has 0 aromatic heterocycles. The molecular formula is C46H37Cl3N4O7. The van der Waals surface area contributed by atoms with Crippen LogP contribution in [0.4, 0.5) is 22.7 Å². The third-order valence-corrected chi connectivity index (χ3v) is 13.2. The zero-order valence-electron chi connectivity index (χ0n) is 32.2. The van der Waals surface area contributed by atoms with Crippen molar-refractivity contribution in [1.29, 1.82) is 0 Å². The van der Waals surface area contributed by atoms with E-state index in [1.54, 1.807) is 60.7 Å². The monoisotopic (exact) mass is 862 g/mol. The Morgan fingerprint density at radius 2 is 1.47 bits per heavy atom. The molecule has 304 valence electrons. The number of nitrogens with one attached hydrogen (secondary N) is 2. The number of hydrogen-bond acceptors (Lipinski definition) is 9. The van der Waals surface area contributed by atoms with Crippen molar-refractivity contribution in [3.05, 3.63) is 147 Å². The summed E-state index contributed by atoms with van der Waals surface area (Å²) in [5.74, 6) is -5.79. The molecule has 11 nitrogen and oxygen atoms in total. The zero-order chi connectivity index (χ0) is 42.0. The summed E-state index contributed by atoms with van der Waals surface area (Å²) < 4.78 is 11.1. The van der Waals surface area contributed by atoms with Gasteiger partial charge in [-0.15, -0.1) is 0 Å². The smallest absolute Gasteiger partial charge is 0.260 e. The third-order valence-electron chi connectivity index (χ3n) is 12.4.